The highest BCUT2D eigenvalue weighted by Crippen LogP contribution is 2.47. The maximum absolute atomic E-state index is 6.66. The highest BCUT2D eigenvalue weighted by Gasteiger charge is 2.22. The Morgan fingerprint density at radius 1 is 0.284 bits per heavy atom. The van der Waals surface area contributed by atoms with Crippen molar-refractivity contribution in [1.82, 2.24) is 15.0 Å². The number of aromatic nitrogens is 3. The van der Waals surface area contributed by atoms with Gasteiger partial charge in [0.05, 0.1) is 22.6 Å². The number of hydrogen-bond donors (Lipinski definition) is 0. The number of para-hydroxylation sites is 2. The zero-order valence-electron chi connectivity index (χ0n) is 36.3. The molecule has 0 radical (unpaired) electrons. The van der Waals surface area contributed by atoms with Gasteiger partial charge in [-0.15, -0.1) is 0 Å². The van der Waals surface area contributed by atoms with E-state index in [1.807, 2.05) is 24.3 Å². The van der Waals surface area contributed by atoms with Crippen molar-refractivity contribution in [3.63, 3.8) is 0 Å². The van der Waals surface area contributed by atoms with Crippen molar-refractivity contribution in [2.75, 3.05) is 0 Å². The molecule has 0 unspecified atom stereocenters. The van der Waals surface area contributed by atoms with Crippen LogP contribution in [0.15, 0.2) is 241 Å². The maximum atomic E-state index is 6.66. The molecule has 4 nitrogen and oxygen atoms in total. The van der Waals surface area contributed by atoms with Gasteiger partial charge in [0, 0.05) is 54.7 Å². The second kappa shape index (κ2) is 15.9. The fraction of sp³-hybridized carbons (Fsp3) is 0. The predicted octanol–water partition coefficient (Wildman–Crippen LogP) is 16.9. The van der Waals surface area contributed by atoms with Crippen LogP contribution in [0.3, 0.4) is 0 Å². The molecule has 0 bridgehead atoms. The smallest absolute Gasteiger partial charge is 0.161 e. The van der Waals surface area contributed by atoms with Gasteiger partial charge in [0.15, 0.2) is 5.82 Å². The molecule has 10 aromatic carbocycles. The van der Waals surface area contributed by atoms with Gasteiger partial charge in [-0.25, -0.2) is 15.0 Å². The monoisotopic (exact) mass is 853 g/mol. The maximum Gasteiger partial charge on any atom is 0.161 e. The summed E-state index contributed by atoms with van der Waals surface area (Å²) in [5.74, 6) is 0.684. The van der Waals surface area contributed by atoms with Crippen LogP contribution < -0.4 is 0 Å². The lowest BCUT2D eigenvalue weighted by atomic mass is 9.88. The minimum atomic E-state index is 0.684. The fourth-order valence-corrected chi connectivity index (χ4v) is 9.94. The Kier molecular flexibility index (Phi) is 9.14. The summed E-state index contributed by atoms with van der Waals surface area (Å²) in [5.41, 5.74) is 16.3. The summed E-state index contributed by atoms with van der Waals surface area (Å²) in [6, 6.07) is 83.2. The normalized spacial score (nSPS) is 11.6. The molecule has 0 amide bonds. The predicted molar refractivity (Wildman–Crippen MR) is 278 cm³/mol. The summed E-state index contributed by atoms with van der Waals surface area (Å²) in [5, 5.41) is 7.74. The number of benzene rings is 10. The Bertz CT molecular complexity index is 4010. The van der Waals surface area contributed by atoms with Crippen molar-refractivity contribution in [1.29, 1.82) is 0 Å². The van der Waals surface area contributed by atoms with Gasteiger partial charge in [-0.2, -0.15) is 0 Å². The van der Waals surface area contributed by atoms with Crippen LogP contribution in [-0.2, 0) is 0 Å². The van der Waals surface area contributed by atoms with Gasteiger partial charge in [-0.1, -0.05) is 200 Å². The third-order valence-corrected chi connectivity index (χ3v) is 13.1. The molecule has 0 N–H and O–H groups in total. The molecule has 0 saturated heterocycles. The fourth-order valence-electron chi connectivity index (χ4n) is 9.94. The van der Waals surface area contributed by atoms with Gasteiger partial charge in [-0.3, -0.25) is 0 Å². The third kappa shape index (κ3) is 6.65. The highest BCUT2D eigenvalue weighted by atomic mass is 16.3. The molecule has 0 atom stereocenters. The first-order chi connectivity index (χ1) is 33.2. The molecule has 0 spiro atoms. The van der Waals surface area contributed by atoms with Crippen LogP contribution >= 0.6 is 0 Å². The second-order valence-corrected chi connectivity index (χ2v) is 17.0. The SMILES string of the molecule is c1ccc(-c2cccc(-c3cc(-c4ccccc4)nc(-c4ccc(-c5ccc(-c6c7c(cc8c(-c9ccccc9)nc9ccccc9c68)oc6ccccc67)cc5)c5ccccc45)n3)c2)cc1. The van der Waals surface area contributed by atoms with Crippen molar-refractivity contribution in [3.05, 3.63) is 237 Å². The van der Waals surface area contributed by atoms with Gasteiger partial charge in [0.1, 0.15) is 11.2 Å². The lowest BCUT2D eigenvalue weighted by Crippen LogP contribution is -1.97. The van der Waals surface area contributed by atoms with Crippen LogP contribution in [0, 0.1) is 0 Å². The van der Waals surface area contributed by atoms with Crippen LogP contribution in [0.5, 0.6) is 0 Å². The minimum absolute atomic E-state index is 0.684. The quantitative estimate of drug-likeness (QED) is 0.150. The lowest BCUT2D eigenvalue weighted by molar-refractivity contribution is 0.669. The van der Waals surface area contributed by atoms with E-state index in [-0.39, 0.29) is 0 Å². The Balaban J connectivity index is 0.974. The first-order valence-corrected chi connectivity index (χ1v) is 22.7. The Labute approximate surface area is 387 Å². The number of hydrogen-bond acceptors (Lipinski definition) is 4. The van der Waals surface area contributed by atoms with Crippen molar-refractivity contribution < 1.29 is 4.42 Å². The van der Waals surface area contributed by atoms with Crippen LogP contribution in [0.25, 0.3) is 133 Å². The zero-order valence-corrected chi connectivity index (χ0v) is 36.3. The van der Waals surface area contributed by atoms with E-state index in [1.165, 1.54) is 5.56 Å². The minimum Gasteiger partial charge on any atom is -0.456 e. The summed E-state index contributed by atoms with van der Waals surface area (Å²) >= 11 is 0. The molecule has 0 fully saturated rings. The average Bonchev–Trinajstić information content (AvgIpc) is 3.78. The van der Waals surface area contributed by atoms with Crippen molar-refractivity contribution in [2.45, 2.75) is 0 Å². The standard InChI is InChI=1S/C63H39N3O/c1-4-17-40(18-5-1)45-23-16-24-46(37-45)56-39-55(42-19-6-2-7-20-42)65-63(66-56)50-36-35-47(48-25-10-11-26-49(48)50)41-31-33-43(34-32-41)59-60-51-27-12-14-29-54(51)64-62(44-21-8-3-9-22-44)53(60)38-58-61(59)52-28-13-15-30-57(52)67-58/h1-39H. The molecule has 13 aromatic rings. The summed E-state index contributed by atoms with van der Waals surface area (Å²) in [6.07, 6.45) is 0. The first kappa shape index (κ1) is 38.5. The van der Waals surface area contributed by atoms with Gasteiger partial charge in [0.25, 0.3) is 0 Å². The molecule has 0 aliphatic rings. The summed E-state index contributed by atoms with van der Waals surface area (Å²) in [4.78, 5) is 15.9. The third-order valence-electron chi connectivity index (χ3n) is 13.1. The van der Waals surface area contributed by atoms with Gasteiger partial charge >= 0.3 is 0 Å². The van der Waals surface area contributed by atoms with Crippen molar-refractivity contribution >= 4 is 54.4 Å². The van der Waals surface area contributed by atoms with E-state index >= 15 is 0 Å². The summed E-state index contributed by atoms with van der Waals surface area (Å²) < 4.78 is 6.66. The lowest BCUT2D eigenvalue weighted by Gasteiger charge is -2.16. The van der Waals surface area contributed by atoms with Crippen LogP contribution in [0.2, 0.25) is 0 Å². The summed E-state index contributed by atoms with van der Waals surface area (Å²) in [6.45, 7) is 0. The number of fused-ring (bicyclic) bond motifs is 7. The molecule has 3 aromatic heterocycles. The van der Waals surface area contributed by atoms with E-state index in [9.17, 15) is 0 Å². The molecule has 3 heterocycles. The molecule has 4 heteroatoms. The van der Waals surface area contributed by atoms with Crippen LogP contribution in [-0.4, -0.2) is 15.0 Å². The Morgan fingerprint density at radius 3 is 1.58 bits per heavy atom. The Morgan fingerprint density at radius 2 is 0.836 bits per heavy atom. The molecule has 67 heavy (non-hydrogen) atoms. The van der Waals surface area contributed by atoms with Crippen molar-refractivity contribution in [2.24, 2.45) is 0 Å². The number of furan rings is 1. The highest BCUT2D eigenvalue weighted by molar-refractivity contribution is 6.27. The molecule has 312 valence electrons. The topological polar surface area (TPSA) is 51.8 Å². The first-order valence-electron chi connectivity index (χ1n) is 22.7. The van der Waals surface area contributed by atoms with E-state index in [0.717, 1.165) is 122 Å². The number of pyridine rings is 1. The van der Waals surface area contributed by atoms with Gasteiger partial charge in [0.2, 0.25) is 0 Å². The molecular weight excluding hydrogens is 815 g/mol. The number of nitrogens with zero attached hydrogens (tertiary/aromatic N) is 3. The van der Waals surface area contributed by atoms with E-state index < -0.39 is 0 Å². The van der Waals surface area contributed by atoms with Gasteiger partial charge in [-0.05, 0) is 75.0 Å². The van der Waals surface area contributed by atoms with E-state index in [4.69, 9.17) is 19.4 Å². The van der Waals surface area contributed by atoms with E-state index in [1.54, 1.807) is 0 Å². The molecule has 0 aliphatic carbocycles. The Hall–Kier alpha value is -8.99. The van der Waals surface area contributed by atoms with Crippen LogP contribution in [0.1, 0.15) is 0 Å². The van der Waals surface area contributed by atoms with Crippen LogP contribution in [0.4, 0.5) is 0 Å². The largest absolute Gasteiger partial charge is 0.456 e. The van der Waals surface area contributed by atoms with E-state index in [0.29, 0.717) is 5.82 Å². The zero-order chi connectivity index (χ0) is 44.3. The molecule has 0 aliphatic heterocycles. The molecular formula is C63H39N3O. The van der Waals surface area contributed by atoms with Crippen molar-refractivity contribution in [3.8, 4) is 78.5 Å². The molecule has 13 rings (SSSR count). The molecule has 0 saturated carbocycles. The van der Waals surface area contributed by atoms with Gasteiger partial charge < -0.3 is 4.42 Å². The number of rotatable bonds is 7. The second-order valence-electron chi connectivity index (χ2n) is 17.0. The summed E-state index contributed by atoms with van der Waals surface area (Å²) in [7, 11) is 0. The average molecular weight is 854 g/mol. The van der Waals surface area contributed by atoms with E-state index in [2.05, 4.69) is 212 Å².